The molecule has 0 saturated heterocycles. The molecule has 0 bridgehead atoms. The van der Waals surface area contributed by atoms with Gasteiger partial charge in [0.25, 0.3) is 0 Å². The fraction of sp³-hybridized carbons (Fsp3) is 0.353. The van der Waals surface area contributed by atoms with Crippen molar-refractivity contribution in [3.63, 3.8) is 0 Å². The Hall–Kier alpha value is -1.84. The number of rotatable bonds is 6. The van der Waals surface area contributed by atoms with Crippen molar-refractivity contribution < 1.29 is 21.6 Å². The molecule has 0 fully saturated rings. The maximum absolute atomic E-state index is 12.6. The fourth-order valence-corrected chi connectivity index (χ4v) is 3.73. The molecule has 148 valence electrons. The molecular weight excluding hydrogens is 403 g/mol. The third-order valence-electron chi connectivity index (χ3n) is 3.96. The molecule has 5 nitrogen and oxygen atoms in total. The zero-order chi connectivity index (χ0) is 20.4. The summed E-state index contributed by atoms with van der Waals surface area (Å²) in [5.41, 5.74) is -0.208. The highest BCUT2D eigenvalue weighted by molar-refractivity contribution is 7.89. The Labute approximate surface area is 161 Å². The predicted molar refractivity (Wildman–Crippen MR) is 98.1 cm³/mol. The number of sulfonamides is 1. The summed E-state index contributed by atoms with van der Waals surface area (Å²) >= 11 is 5.84. The van der Waals surface area contributed by atoms with Crippen LogP contribution in [0.3, 0.4) is 0 Å². The van der Waals surface area contributed by atoms with E-state index in [0.717, 1.165) is 11.6 Å². The zero-order valence-electron chi connectivity index (χ0n) is 14.9. The number of nitrogens with zero attached hydrogens (tertiary/aromatic N) is 2. The van der Waals surface area contributed by atoms with Crippen LogP contribution in [0, 0.1) is 0 Å². The average molecular weight is 422 g/mol. The van der Waals surface area contributed by atoms with Crippen molar-refractivity contribution in [1.29, 1.82) is 0 Å². The van der Waals surface area contributed by atoms with Gasteiger partial charge in [-0.15, -0.1) is 0 Å². The van der Waals surface area contributed by atoms with E-state index in [-0.39, 0.29) is 28.3 Å². The van der Waals surface area contributed by atoms with Crippen LogP contribution in [-0.4, -0.2) is 30.8 Å². The maximum atomic E-state index is 12.6. The monoisotopic (exact) mass is 421 g/mol. The van der Waals surface area contributed by atoms with E-state index in [1.54, 1.807) is 26.0 Å². The Morgan fingerprint density at radius 2 is 1.81 bits per heavy atom. The van der Waals surface area contributed by atoms with E-state index in [9.17, 15) is 21.6 Å². The molecule has 1 aromatic carbocycles. The first-order valence-corrected chi connectivity index (χ1v) is 9.78. The van der Waals surface area contributed by atoms with Gasteiger partial charge in [-0.1, -0.05) is 23.7 Å². The molecule has 0 aliphatic heterocycles. The van der Waals surface area contributed by atoms with Crippen LogP contribution >= 0.6 is 11.6 Å². The summed E-state index contributed by atoms with van der Waals surface area (Å²) in [5.74, 6) is 0.112. The average Bonchev–Trinajstić information content (AvgIpc) is 2.59. The molecule has 2 rings (SSSR count). The summed E-state index contributed by atoms with van der Waals surface area (Å²) in [6.07, 6.45) is -3.81. The van der Waals surface area contributed by atoms with Gasteiger partial charge in [-0.05, 0) is 37.6 Å². The number of benzene rings is 1. The molecule has 1 N–H and O–H groups in total. The quantitative estimate of drug-likeness (QED) is 0.751. The molecule has 0 unspecified atom stereocenters. The maximum Gasteiger partial charge on any atom is 0.417 e. The Bertz CT molecular complexity index is 901. The minimum absolute atomic E-state index is 0.112. The highest BCUT2D eigenvalue weighted by Crippen LogP contribution is 2.32. The molecule has 2 aromatic rings. The first-order valence-electron chi connectivity index (χ1n) is 7.96. The van der Waals surface area contributed by atoms with Gasteiger partial charge < -0.3 is 5.32 Å². The number of nitrogens with one attached hydrogen (secondary N) is 1. The van der Waals surface area contributed by atoms with Crippen LogP contribution in [0.2, 0.25) is 5.02 Å². The zero-order valence-corrected chi connectivity index (χ0v) is 16.5. The summed E-state index contributed by atoms with van der Waals surface area (Å²) in [6.45, 7) is 3.77. The summed E-state index contributed by atoms with van der Waals surface area (Å²) < 4.78 is 64.0. The summed E-state index contributed by atoms with van der Waals surface area (Å²) in [6, 6.07) is 6.82. The first-order chi connectivity index (χ1) is 12.4. The van der Waals surface area contributed by atoms with Crippen molar-refractivity contribution in [3.05, 3.63) is 52.7 Å². The van der Waals surface area contributed by atoms with Crippen LogP contribution < -0.4 is 5.32 Å². The Morgan fingerprint density at radius 3 is 2.30 bits per heavy atom. The molecule has 0 atom stereocenters. The lowest BCUT2D eigenvalue weighted by Crippen LogP contribution is -2.33. The number of aromatic nitrogens is 1. The molecule has 0 amide bonds. The lowest BCUT2D eigenvalue weighted by atomic mass is 10.2. The lowest BCUT2D eigenvalue weighted by Gasteiger charge is -2.21. The molecule has 1 heterocycles. The lowest BCUT2D eigenvalue weighted by molar-refractivity contribution is -0.137. The predicted octanol–water partition coefficient (Wildman–Crippen LogP) is 4.39. The van der Waals surface area contributed by atoms with Gasteiger partial charge in [-0.2, -0.15) is 17.5 Å². The van der Waals surface area contributed by atoms with E-state index in [0.29, 0.717) is 6.20 Å². The van der Waals surface area contributed by atoms with Gasteiger partial charge in [0, 0.05) is 25.8 Å². The smallest absolute Gasteiger partial charge is 0.365 e. The summed E-state index contributed by atoms with van der Waals surface area (Å²) in [4.78, 5) is 3.85. The largest absolute Gasteiger partial charge is 0.417 e. The third-order valence-corrected chi connectivity index (χ3v) is 6.29. The third kappa shape index (κ3) is 5.12. The van der Waals surface area contributed by atoms with Gasteiger partial charge in [-0.25, -0.2) is 13.4 Å². The van der Waals surface area contributed by atoms with Crippen molar-refractivity contribution in [3.8, 4) is 0 Å². The standard InChI is InChI=1S/C17H19ClF3N3O2S/c1-11(2)24(3)27(25,26)14-6-4-12(5-7-14)9-22-16-15(18)8-13(10-23-16)17(19,20)21/h4-8,10-11H,9H2,1-3H3,(H,22,23). The second-order valence-electron chi connectivity index (χ2n) is 6.16. The van der Waals surface area contributed by atoms with Crippen molar-refractivity contribution in [2.24, 2.45) is 0 Å². The highest BCUT2D eigenvalue weighted by atomic mass is 35.5. The Morgan fingerprint density at radius 1 is 1.22 bits per heavy atom. The van der Waals surface area contributed by atoms with Crippen LogP contribution in [0.25, 0.3) is 0 Å². The van der Waals surface area contributed by atoms with E-state index in [4.69, 9.17) is 11.6 Å². The molecule has 0 radical (unpaired) electrons. The van der Waals surface area contributed by atoms with Crippen LogP contribution in [0.4, 0.5) is 19.0 Å². The van der Waals surface area contributed by atoms with Crippen LogP contribution in [0.5, 0.6) is 0 Å². The molecule has 27 heavy (non-hydrogen) atoms. The second kappa shape index (κ2) is 8.04. The van der Waals surface area contributed by atoms with Crippen molar-refractivity contribution in [2.45, 2.75) is 37.5 Å². The Kier molecular flexibility index (Phi) is 6.39. The van der Waals surface area contributed by atoms with E-state index >= 15 is 0 Å². The first kappa shape index (κ1) is 21.5. The molecule has 0 spiro atoms. The van der Waals surface area contributed by atoms with E-state index in [1.165, 1.54) is 23.5 Å². The van der Waals surface area contributed by atoms with Crippen LogP contribution in [0.15, 0.2) is 41.4 Å². The van der Waals surface area contributed by atoms with Gasteiger partial charge >= 0.3 is 6.18 Å². The van der Waals surface area contributed by atoms with Crippen molar-refractivity contribution in [1.82, 2.24) is 9.29 Å². The minimum Gasteiger partial charge on any atom is -0.365 e. The molecule has 1 aromatic heterocycles. The molecule has 0 aliphatic rings. The fourth-order valence-electron chi connectivity index (χ4n) is 2.13. The van der Waals surface area contributed by atoms with Gasteiger partial charge in [0.2, 0.25) is 10.0 Å². The van der Waals surface area contributed by atoms with E-state index < -0.39 is 21.8 Å². The highest BCUT2D eigenvalue weighted by Gasteiger charge is 2.31. The SMILES string of the molecule is CC(C)N(C)S(=O)(=O)c1ccc(CNc2ncc(C(F)(F)F)cc2Cl)cc1. The molecule has 10 heteroatoms. The van der Waals surface area contributed by atoms with Gasteiger partial charge in [0.1, 0.15) is 5.82 Å². The van der Waals surface area contributed by atoms with Gasteiger partial charge in [0.15, 0.2) is 0 Å². The second-order valence-corrected chi connectivity index (χ2v) is 8.57. The summed E-state index contributed by atoms with van der Waals surface area (Å²) in [5, 5.41) is 2.69. The number of halogens is 4. The minimum atomic E-state index is -4.51. The van der Waals surface area contributed by atoms with Gasteiger partial charge in [-0.3, -0.25) is 0 Å². The van der Waals surface area contributed by atoms with Crippen molar-refractivity contribution in [2.75, 3.05) is 12.4 Å². The van der Waals surface area contributed by atoms with Crippen LogP contribution in [0.1, 0.15) is 25.0 Å². The number of hydrogen-bond acceptors (Lipinski definition) is 4. The van der Waals surface area contributed by atoms with E-state index in [1.807, 2.05) is 0 Å². The Balaban J connectivity index is 2.10. The normalized spacial score (nSPS) is 12.6. The topological polar surface area (TPSA) is 62.3 Å². The summed E-state index contributed by atoms with van der Waals surface area (Å²) in [7, 11) is -2.07. The molecule has 0 saturated carbocycles. The van der Waals surface area contributed by atoms with Crippen LogP contribution in [-0.2, 0) is 22.7 Å². The molecule has 0 aliphatic carbocycles. The number of alkyl halides is 3. The van der Waals surface area contributed by atoms with Crippen molar-refractivity contribution >= 4 is 27.4 Å². The number of anilines is 1. The number of hydrogen-bond donors (Lipinski definition) is 1. The van der Waals surface area contributed by atoms with E-state index in [2.05, 4.69) is 10.3 Å². The molecular formula is C17H19ClF3N3O2S. The van der Waals surface area contributed by atoms with Gasteiger partial charge in [0.05, 0.1) is 15.5 Å². The number of pyridine rings is 1.